The largest absolute Gasteiger partial charge is 0.454 e. The molecule has 0 aromatic rings. The molecule has 11 heteroatoms. The van der Waals surface area contributed by atoms with Crippen LogP contribution < -0.4 is 5.32 Å². The van der Waals surface area contributed by atoms with Crippen molar-refractivity contribution in [2.75, 3.05) is 13.2 Å². The quantitative estimate of drug-likeness (QED) is 0.0150. The lowest BCUT2D eigenvalue weighted by molar-refractivity contribution is -0.305. The van der Waals surface area contributed by atoms with Crippen LogP contribution in [-0.4, -0.2) is 99.6 Å². The van der Waals surface area contributed by atoms with Gasteiger partial charge in [-0.05, 0) is 57.8 Å². The number of hydrogen-bond acceptors (Lipinski definition) is 10. The SMILES string of the molecule is CC/C=C/C=C/C=C\CCCCCCCC(=O)OC1C(OCC(NC(=O)C(O)C/C=C/C/C=C\CCCCCCCC)C(O)/C=C/CCCCCCCCCCC)OC(CO)C(O)C1O. The lowest BCUT2D eigenvalue weighted by Crippen LogP contribution is -2.61. The first-order chi connectivity index (χ1) is 31.7. The maximum Gasteiger partial charge on any atom is 0.306 e. The molecule has 11 nitrogen and oxygen atoms in total. The van der Waals surface area contributed by atoms with Crippen molar-refractivity contribution in [3.8, 4) is 0 Å². The summed E-state index contributed by atoms with van der Waals surface area (Å²) in [5.41, 5.74) is 0. The molecule has 0 aliphatic carbocycles. The lowest BCUT2D eigenvalue weighted by Gasteiger charge is -2.41. The molecule has 1 saturated heterocycles. The molecular weight excluding hydrogens is 823 g/mol. The van der Waals surface area contributed by atoms with Crippen LogP contribution in [0.1, 0.15) is 194 Å². The number of nitrogens with one attached hydrogen (secondary N) is 1. The van der Waals surface area contributed by atoms with Gasteiger partial charge in [0.25, 0.3) is 0 Å². The molecular formula is C54H93NO10. The third-order valence-corrected chi connectivity index (χ3v) is 11.7. The van der Waals surface area contributed by atoms with Crippen molar-refractivity contribution in [1.82, 2.24) is 5.32 Å². The van der Waals surface area contributed by atoms with Crippen LogP contribution in [0.25, 0.3) is 0 Å². The van der Waals surface area contributed by atoms with Crippen LogP contribution in [0.4, 0.5) is 0 Å². The number of aliphatic hydroxyl groups is 5. The summed E-state index contributed by atoms with van der Waals surface area (Å²) in [5, 5.41) is 56.4. The Morgan fingerprint density at radius 1 is 0.631 bits per heavy atom. The maximum atomic E-state index is 13.3. The monoisotopic (exact) mass is 916 g/mol. The highest BCUT2D eigenvalue weighted by Gasteiger charge is 2.47. The number of hydrogen-bond donors (Lipinski definition) is 6. The van der Waals surface area contributed by atoms with Gasteiger partial charge < -0.3 is 45.1 Å². The third-order valence-electron chi connectivity index (χ3n) is 11.7. The number of amides is 1. The van der Waals surface area contributed by atoms with E-state index in [1.54, 1.807) is 12.2 Å². The molecule has 0 spiro atoms. The zero-order chi connectivity index (χ0) is 47.6. The van der Waals surface area contributed by atoms with E-state index < -0.39 is 67.4 Å². The van der Waals surface area contributed by atoms with E-state index in [-0.39, 0.29) is 19.4 Å². The second-order valence-electron chi connectivity index (χ2n) is 17.6. The van der Waals surface area contributed by atoms with Gasteiger partial charge in [-0.25, -0.2) is 0 Å². The average Bonchev–Trinajstić information content (AvgIpc) is 3.30. The van der Waals surface area contributed by atoms with Gasteiger partial charge in [0, 0.05) is 12.8 Å². The molecule has 1 aliphatic heterocycles. The highest BCUT2D eigenvalue weighted by Crippen LogP contribution is 2.26. The summed E-state index contributed by atoms with van der Waals surface area (Å²) in [6.45, 7) is 5.54. The van der Waals surface area contributed by atoms with Gasteiger partial charge >= 0.3 is 5.97 Å². The minimum Gasteiger partial charge on any atom is -0.454 e. The molecule has 1 rings (SSSR count). The average molecular weight is 916 g/mol. The number of unbranched alkanes of at least 4 members (excludes halogenated alkanes) is 20. The molecule has 0 aromatic carbocycles. The van der Waals surface area contributed by atoms with E-state index in [9.17, 15) is 35.1 Å². The fourth-order valence-electron chi connectivity index (χ4n) is 7.52. The van der Waals surface area contributed by atoms with Gasteiger partial charge in [0.1, 0.15) is 24.4 Å². The third kappa shape index (κ3) is 31.7. The summed E-state index contributed by atoms with van der Waals surface area (Å²) in [5.74, 6) is -1.30. The molecule has 0 saturated carbocycles. The molecule has 374 valence electrons. The second-order valence-corrected chi connectivity index (χ2v) is 17.6. The topological polar surface area (TPSA) is 175 Å². The summed E-state index contributed by atoms with van der Waals surface area (Å²) < 4.78 is 17.4. The fourth-order valence-corrected chi connectivity index (χ4v) is 7.52. The summed E-state index contributed by atoms with van der Waals surface area (Å²) in [6.07, 6.45) is 41.2. The van der Waals surface area contributed by atoms with Crippen LogP contribution in [-0.2, 0) is 23.8 Å². The van der Waals surface area contributed by atoms with Crippen molar-refractivity contribution in [2.24, 2.45) is 0 Å². The Morgan fingerprint density at radius 2 is 1.17 bits per heavy atom. The number of esters is 1. The lowest BCUT2D eigenvalue weighted by atomic mass is 9.99. The Morgan fingerprint density at radius 3 is 1.77 bits per heavy atom. The van der Waals surface area contributed by atoms with Crippen molar-refractivity contribution in [2.45, 2.75) is 243 Å². The van der Waals surface area contributed by atoms with Gasteiger partial charge in [0.2, 0.25) is 5.91 Å². The Balaban J connectivity index is 2.84. The maximum absolute atomic E-state index is 13.3. The van der Waals surface area contributed by atoms with E-state index in [0.29, 0.717) is 12.8 Å². The predicted molar refractivity (Wildman–Crippen MR) is 264 cm³/mol. The van der Waals surface area contributed by atoms with E-state index in [1.165, 1.54) is 77.0 Å². The van der Waals surface area contributed by atoms with Gasteiger partial charge in [-0.1, -0.05) is 196 Å². The highest BCUT2D eigenvalue weighted by atomic mass is 16.7. The van der Waals surface area contributed by atoms with Crippen LogP contribution in [0, 0.1) is 0 Å². The zero-order valence-electron chi connectivity index (χ0n) is 40.8. The van der Waals surface area contributed by atoms with E-state index in [0.717, 1.165) is 70.6 Å². The number of aliphatic hydroxyl groups excluding tert-OH is 5. The molecule has 65 heavy (non-hydrogen) atoms. The van der Waals surface area contributed by atoms with Gasteiger partial charge in [0.05, 0.1) is 25.4 Å². The Labute approximate surface area is 394 Å². The summed E-state index contributed by atoms with van der Waals surface area (Å²) in [4.78, 5) is 26.3. The van der Waals surface area contributed by atoms with E-state index in [1.807, 2.05) is 36.5 Å². The summed E-state index contributed by atoms with van der Waals surface area (Å²) in [6, 6.07) is -1.06. The van der Waals surface area contributed by atoms with Crippen molar-refractivity contribution in [1.29, 1.82) is 0 Å². The first kappa shape index (κ1) is 60.1. The highest BCUT2D eigenvalue weighted by molar-refractivity contribution is 5.81. The standard InChI is InChI=1S/C54H93NO10/c1-4-7-10-13-16-19-22-24-27-30-33-36-39-42-49(59)65-52-51(61)50(60)48(43-56)64-54(52)63-44-45(46(57)40-37-34-31-28-25-21-18-15-12-9-6-3)55-53(62)47(58)41-38-35-32-29-26-23-20-17-14-11-8-5-2/h7,10,13,16,19,22,26,29,35,37-38,40,45-48,50-52,54,56-58,60-61H,4-6,8-9,11-12,14-15,17-18,20-21,23-25,27-28,30-34,36,39,41-44H2,1-3H3,(H,55,62)/b10-7+,16-13+,22-19-,29-26-,38-35+,40-37+. The van der Waals surface area contributed by atoms with Crippen molar-refractivity contribution in [3.05, 3.63) is 72.9 Å². The molecule has 6 N–H and O–H groups in total. The molecule has 8 atom stereocenters. The van der Waals surface area contributed by atoms with Crippen LogP contribution in [0.15, 0.2) is 72.9 Å². The second kappa shape index (κ2) is 42.5. The molecule has 8 unspecified atom stereocenters. The first-order valence-corrected chi connectivity index (χ1v) is 25.7. The molecule has 0 radical (unpaired) electrons. The van der Waals surface area contributed by atoms with Crippen LogP contribution in [0.5, 0.6) is 0 Å². The van der Waals surface area contributed by atoms with E-state index >= 15 is 0 Å². The Hall–Kier alpha value is -2.90. The van der Waals surface area contributed by atoms with Crippen LogP contribution >= 0.6 is 0 Å². The van der Waals surface area contributed by atoms with Crippen LogP contribution in [0.3, 0.4) is 0 Å². The van der Waals surface area contributed by atoms with Gasteiger partial charge in [-0.2, -0.15) is 0 Å². The number of ether oxygens (including phenoxy) is 3. The van der Waals surface area contributed by atoms with E-state index in [4.69, 9.17) is 14.2 Å². The van der Waals surface area contributed by atoms with Crippen molar-refractivity contribution in [3.63, 3.8) is 0 Å². The predicted octanol–water partition coefficient (Wildman–Crippen LogP) is 10.5. The Bertz CT molecular complexity index is 1330. The summed E-state index contributed by atoms with van der Waals surface area (Å²) >= 11 is 0. The molecule has 1 aliphatic rings. The van der Waals surface area contributed by atoms with Gasteiger partial charge in [-0.15, -0.1) is 0 Å². The summed E-state index contributed by atoms with van der Waals surface area (Å²) in [7, 11) is 0. The zero-order valence-corrected chi connectivity index (χ0v) is 40.8. The molecule has 1 heterocycles. The first-order valence-electron chi connectivity index (χ1n) is 25.7. The normalized spacial score (nSPS) is 20.9. The molecule has 0 bridgehead atoms. The fraction of sp³-hybridized carbons (Fsp3) is 0.741. The number of carbonyl (C=O) groups is 2. The number of rotatable bonds is 41. The van der Waals surface area contributed by atoms with E-state index in [2.05, 4.69) is 50.4 Å². The number of allylic oxidation sites excluding steroid dienone is 10. The number of carbonyl (C=O) groups excluding carboxylic acids is 2. The van der Waals surface area contributed by atoms with Crippen molar-refractivity contribution >= 4 is 11.9 Å². The minimum atomic E-state index is -1.63. The van der Waals surface area contributed by atoms with Crippen molar-refractivity contribution < 1.29 is 49.3 Å². The minimum absolute atomic E-state index is 0.0772. The Kier molecular flexibility index (Phi) is 39.3. The molecule has 1 fully saturated rings. The van der Waals surface area contributed by atoms with Gasteiger partial charge in [-0.3, -0.25) is 9.59 Å². The van der Waals surface area contributed by atoms with Crippen LogP contribution in [0.2, 0.25) is 0 Å². The molecule has 1 amide bonds. The molecule has 0 aromatic heterocycles. The smallest absolute Gasteiger partial charge is 0.306 e. The van der Waals surface area contributed by atoms with Gasteiger partial charge in [0.15, 0.2) is 12.4 Å².